The van der Waals surface area contributed by atoms with Crippen molar-refractivity contribution in [3.63, 3.8) is 0 Å². The maximum Gasteiger partial charge on any atom is 0.259 e. The van der Waals surface area contributed by atoms with Gasteiger partial charge in [-0.05, 0) is 13.0 Å². The Morgan fingerprint density at radius 2 is 1.50 bits per heavy atom. The van der Waals surface area contributed by atoms with E-state index in [0.29, 0.717) is 10.1 Å². The lowest BCUT2D eigenvalue weighted by atomic mass is 9.84. The quantitative estimate of drug-likeness (QED) is 0.447. The smallest absolute Gasteiger partial charge is 0.259 e. The van der Waals surface area contributed by atoms with E-state index in [1.54, 1.807) is 6.92 Å². The van der Waals surface area contributed by atoms with Gasteiger partial charge in [0.1, 0.15) is 9.75 Å². The van der Waals surface area contributed by atoms with Crippen LogP contribution in [0.3, 0.4) is 0 Å². The molecule has 3 rings (SSSR count). The Hall–Kier alpha value is 0.610. The van der Waals surface area contributed by atoms with Crippen LogP contribution < -0.4 is 0 Å². The number of hydroxylamine groups is 2. The molecule has 0 N–H and O–H groups in total. The van der Waals surface area contributed by atoms with E-state index in [0.717, 1.165) is 0 Å². The van der Waals surface area contributed by atoms with Gasteiger partial charge in [-0.1, -0.05) is 58.0 Å². The number of halogens is 7. The number of carbonyl (C=O) groups excluding carboxylic acids is 2. The molecule has 0 unspecified atom stereocenters. The number of fused-ring (bicyclic) bond motifs is 5. The third-order valence-electron chi connectivity index (χ3n) is 4.44. The lowest BCUT2D eigenvalue weighted by Gasteiger charge is -2.34. The number of hydrogen-bond donors (Lipinski definition) is 0. The van der Waals surface area contributed by atoms with E-state index in [1.807, 2.05) is 0 Å². The molecule has 4 atom stereocenters. The summed E-state index contributed by atoms with van der Waals surface area (Å²) >= 11 is 43.7. The van der Waals surface area contributed by atoms with Crippen molar-refractivity contribution < 1.29 is 14.4 Å². The summed E-state index contributed by atoms with van der Waals surface area (Å²) in [5, 5.41) is 0.728. The Bertz CT molecular complexity index is 670. The Balaban J connectivity index is 2.04. The summed E-state index contributed by atoms with van der Waals surface area (Å²) in [5.41, 5.74) is 0. The van der Waals surface area contributed by atoms with E-state index in [9.17, 15) is 9.59 Å². The zero-order valence-electron chi connectivity index (χ0n) is 11.8. The standard InChI is InChI=1S/C13H8Cl7NO3/c1-4(14)2-3-24-21-9(22)5-6(10(21)23)12(18)8(16)7(15)11(5,17)13(12,19)20/h2,5-6H,3H2,1H3/b4-2-/t5-,6-,11+,12+/m0/s1. The first-order chi connectivity index (χ1) is 10.9. The second-order valence-corrected chi connectivity index (χ2v) is 9.51. The van der Waals surface area contributed by atoms with Crippen molar-refractivity contribution in [3.8, 4) is 0 Å². The minimum atomic E-state index is -1.95. The molecule has 2 fully saturated rings. The van der Waals surface area contributed by atoms with Gasteiger partial charge < -0.3 is 0 Å². The van der Waals surface area contributed by atoms with Gasteiger partial charge in [0, 0.05) is 5.03 Å². The van der Waals surface area contributed by atoms with E-state index in [-0.39, 0.29) is 16.7 Å². The normalized spacial score (nSPS) is 40.8. The van der Waals surface area contributed by atoms with Crippen LogP contribution in [0.25, 0.3) is 0 Å². The lowest BCUT2D eigenvalue weighted by Crippen LogP contribution is -2.50. The Morgan fingerprint density at radius 3 is 1.88 bits per heavy atom. The summed E-state index contributed by atoms with van der Waals surface area (Å²) in [6, 6.07) is 0. The van der Waals surface area contributed by atoms with Gasteiger partial charge in [0.05, 0.1) is 28.5 Å². The summed E-state index contributed by atoms with van der Waals surface area (Å²) in [6.07, 6.45) is 1.48. The van der Waals surface area contributed by atoms with Crippen LogP contribution in [0.2, 0.25) is 0 Å². The van der Waals surface area contributed by atoms with E-state index >= 15 is 0 Å². The highest BCUT2D eigenvalue weighted by atomic mass is 35.5. The number of amides is 2. The van der Waals surface area contributed by atoms with Crippen LogP contribution in [0.15, 0.2) is 21.2 Å². The first kappa shape index (κ1) is 19.4. The zero-order valence-corrected chi connectivity index (χ0v) is 17.0. The molecule has 2 aliphatic carbocycles. The van der Waals surface area contributed by atoms with Gasteiger partial charge in [-0.25, -0.2) is 0 Å². The van der Waals surface area contributed by atoms with Gasteiger partial charge in [-0.3, -0.25) is 14.4 Å². The molecule has 0 aromatic heterocycles. The average molecular weight is 474 g/mol. The number of imide groups is 1. The number of carbonyl (C=O) groups is 2. The summed E-state index contributed by atoms with van der Waals surface area (Å²) < 4.78 is -1.95. The second-order valence-electron chi connectivity index (χ2n) is 5.64. The highest BCUT2D eigenvalue weighted by Crippen LogP contribution is 2.77. The van der Waals surface area contributed by atoms with Crippen LogP contribution in [0.5, 0.6) is 0 Å². The molecular weight excluding hydrogens is 466 g/mol. The first-order valence-corrected chi connectivity index (χ1v) is 9.23. The predicted molar refractivity (Wildman–Crippen MR) is 94.7 cm³/mol. The third kappa shape index (κ3) is 2.00. The molecule has 1 heterocycles. The minimum Gasteiger partial charge on any atom is -0.272 e. The van der Waals surface area contributed by atoms with Gasteiger partial charge in [0.2, 0.25) is 0 Å². The SMILES string of the molecule is C/C(Cl)=C/CON1C(=O)[C@@H]2[C@@H](C1=O)[C@@]1(Cl)C(Cl)=C(Cl)[C@@]2(Cl)C1(Cl)Cl. The van der Waals surface area contributed by atoms with Crippen molar-refractivity contribution in [2.45, 2.75) is 21.0 Å². The number of hydrogen-bond acceptors (Lipinski definition) is 3. The van der Waals surface area contributed by atoms with Gasteiger partial charge in [0.25, 0.3) is 11.8 Å². The van der Waals surface area contributed by atoms with Gasteiger partial charge >= 0.3 is 0 Å². The van der Waals surface area contributed by atoms with E-state index in [1.165, 1.54) is 6.08 Å². The number of alkyl halides is 4. The molecular formula is C13H8Cl7NO3. The van der Waals surface area contributed by atoms with E-state index < -0.39 is 37.7 Å². The average Bonchev–Trinajstić information content (AvgIpc) is 2.86. The fourth-order valence-corrected chi connectivity index (χ4v) is 6.32. The number of rotatable bonds is 3. The Kier molecular flexibility index (Phi) is 4.68. The molecule has 0 aromatic carbocycles. The molecule has 1 saturated heterocycles. The van der Waals surface area contributed by atoms with Gasteiger partial charge in [-0.15, -0.1) is 23.2 Å². The number of allylic oxidation sites excluding steroid dienone is 3. The van der Waals surface area contributed by atoms with Crippen molar-refractivity contribution in [2.75, 3.05) is 6.61 Å². The van der Waals surface area contributed by atoms with Crippen molar-refractivity contribution in [1.82, 2.24) is 5.06 Å². The Morgan fingerprint density at radius 1 is 1.08 bits per heavy atom. The minimum absolute atomic E-state index is 0.0986. The Labute approximate surface area is 172 Å². The molecule has 24 heavy (non-hydrogen) atoms. The molecule has 1 saturated carbocycles. The van der Waals surface area contributed by atoms with Gasteiger partial charge in [0.15, 0.2) is 4.33 Å². The lowest BCUT2D eigenvalue weighted by molar-refractivity contribution is -0.186. The van der Waals surface area contributed by atoms with Crippen molar-refractivity contribution >= 4 is 93.0 Å². The number of nitrogens with zero attached hydrogens (tertiary/aromatic N) is 1. The van der Waals surface area contributed by atoms with Crippen LogP contribution in [0.4, 0.5) is 0 Å². The summed E-state index contributed by atoms with van der Waals surface area (Å²) in [6.45, 7) is 1.52. The summed E-state index contributed by atoms with van der Waals surface area (Å²) in [4.78, 5) is 26.9. The predicted octanol–water partition coefficient (Wildman–Crippen LogP) is 4.51. The fourth-order valence-electron chi connectivity index (χ4n) is 3.32. The maximum atomic E-state index is 12.7. The van der Waals surface area contributed by atoms with Gasteiger partial charge in [-0.2, -0.15) is 5.06 Å². The largest absolute Gasteiger partial charge is 0.272 e. The fraction of sp³-hybridized carbons (Fsp3) is 0.538. The zero-order chi connectivity index (χ0) is 18.2. The second kappa shape index (κ2) is 5.80. The molecule has 1 aliphatic heterocycles. The highest BCUT2D eigenvalue weighted by molar-refractivity contribution is 6.66. The molecule has 0 spiro atoms. The van der Waals surface area contributed by atoms with Crippen LogP contribution in [0.1, 0.15) is 6.92 Å². The maximum absolute atomic E-state index is 12.7. The van der Waals surface area contributed by atoms with Crippen molar-refractivity contribution in [3.05, 3.63) is 21.2 Å². The van der Waals surface area contributed by atoms with Crippen molar-refractivity contribution in [2.24, 2.45) is 11.8 Å². The topological polar surface area (TPSA) is 46.6 Å². The highest BCUT2D eigenvalue weighted by Gasteiger charge is 2.87. The molecule has 132 valence electrons. The molecule has 0 radical (unpaired) electrons. The summed E-state index contributed by atoms with van der Waals surface area (Å²) in [7, 11) is 0. The van der Waals surface area contributed by atoms with Crippen LogP contribution >= 0.6 is 81.2 Å². The molecule has 0 aromatic rings. The van der Waals surface area contributed by atoms with Crippen LogP contribution in [-0.4, -0.2) is 37.6 Å². The molecule has 3 aliphatic rings. The summed E-state index contributed by atoms with van der Waals surface area (Å²) in [5.74, 6) is -3.88. The first-order valence-electron chi connectivity index (χ1n) is 6.58. The third-order valence-corrected chi connectivity index (χ3v) is 8.85. The van der Waals surface area contributed by atoms with Crippen LogP contribution in [0, 0.1) is 11.8 Å². The van der Waals surface area contributed by atoms with E-state index in [4.69, 9.17) is 86.0 Å². The monoisotopic (exact) mass is 471 g/mol. The van der Waals surface area contributed by atoms with E-state index in [2.05, 4.69) is 0 Å². The molecule has 2 amide bonds. The molecule has 2 bridgehead atoms. The van der Waals surface area contributed by atoms with Crippen molar-refractivity contribution in [1.29, 1.82) is 0 Å². The molecule has 4 nitrogen and oxygen atoms in total. The molecule has 11 heteroatoms. The van der Waals surface area contributed by atoms with Crippen LogP contribution in [-0.2, 0) is 14.4 Å².